The first-order valence-corrected chi connectivity index (χ1v) is 9.72. The lowest BCUT2D eigenvalue weighted by Crippen LogP contribution is -2.32. The van der Waals surface area contributed by atoms with Crippen molar-refractivity contribution in [1.82, 2.24) is 0 Å². The number of carbonyl (C=O) groups is 2. The van der Waals surface area contributed by atoms with Crippen molar-refractivity contribution < 1.29 is 29.3 Å². The molecule has 1 aromatic heterocycles. The number of hydrogen-bond acceptors (Lipinski definition) is 7. The molecule has 2 unspecified atom stereocenters. The maximum absolute atomic E-state index is 13.3. The molecule has 3 N–H and O–H groups in total. The predicted molar refractivity (Wildman–Crippen MR) is 113 cm³/mol. The van der Waals surface area contributed by atoms with Crippen molar-refractivity contribution in [3.05, 3.63) is 86.8 Å². The number of fused-ring (bicyclic) bond motifs is 4. The number of phenolic OH excluding ortho intramolecular Hbond substituents is 1. The number of hydrogen-bond donors (Lipinski definition) is 3. The fourth-order valence-corrected chi connectivity index (χ4v) is 3.90. The van der Waals surface area contributed by atoms with Gasteiger partial charge in [-0.25, -0.2) is 0 Å². The van der Waals surface area contributed by atoms with Crippen molar-refractivity contribution in [2.75, 3.05) is 0 Å². The Kier molecular flexibility index (Phi) is 4.85. The second-order valence-corrected chi connectivity index (χ2v) is 7.91. The molecule has 0 aliphatic heterocycles. The molecule has 3 aromatic rings. The van der Waals surface area contributed by atoms with Crippen molar-refractivity contribution in [2.24, 2.45) is 0 Å². The van der Waals surface area contributed by atoms with E-state index in [2.05, 4.69) is 6.58 Å². The summed E-state index contributed by atoms with van der Waals surface area (Å²) in [5.41, 5.74) is -3.21. The zero-order chi connectivity index (χ0) is 22.7. The van der Waals surface area contributed by atoms with Crippen LogP contribution in [0.3, 0.4) is 0 Å². The summed E-state index contributed by atoms with van der Waals surface area (Å²) in [5.74, 6) is -1.93. The van der Waals surface area contributed by atoms with Crippen molar-refractivity contribution in [3.8, 4) is 5.75 Å². The Labute approximate surface area is 180 Å². The van der Waals surface area contributed by atoms with Crippen LogP contribution in [-0.2, 0) is 12.2 Å². The topological polar surface area (TPSA) is 125 Å². The minimum atomic E-state index is -1.86. The van der Waals surface area contributed by atoms with Gasteiger partial charge in [0.05, 0.1) is 28.5 Å². The number of alkyl halides is 1. The number of phenols is 1. The Morgan fingerprint density at radius 2 is 1.87 bits per heavy atom. The highest BCUT2D eigenvalue weighted by atomic mass is 35.5. The van der Waals surface area contributed by atoms with Gasteiger partial charge in [-0.2, -0.15) is 0 Å². The molecule has 2 aromatic carbocycles. The van der Waals surface area contributed by atoms with E-state index in [1.54, 1.807) is 0 Å². The molecule has 1 aliphatic carbocycles. The van der Waals surface area contributed by atoms with Gasteiger partial charge in [-0.1, -0.05) is 18.2 Å². The van der Waals surface area contributed by atoms with Gasteiger partial charge in [-0.05, 0) is 24.6 Å². The van der Waals surface area contributed by atoms with Gasteiger partial charge < -0.3 is 19.7 Å². The maximum Gasteiger partial charge on any atom is 0.202 e. The molecule has 0 bridgehead atoms. The Hall–Kier alpha value is -3.26. The zero-order valence-electron chi connectivity index (χ0n) is 16.3. The third-order valence-corrected chi connectivity index (χ3v) is 6.09. The second-order valence-electron chi connectivity index (χ2n) is 7.44. The van der Waals surface area contributed by atoms with Gasteiger partial charge in [-0.15, -0.1) is 18.2 Å². The van der Waals surface area contributed by atoms with E-state index in [-0.39, 0.29) is 50.3 Å². The van der Waals surface area contributed by atoms with Gasteiger partial charge in [0.25, 0.3) is 0 Å². The molecule has 158 valence electrons. The average molecular weight is 441 g/mol. The summed E-state index contributed by atoms with van der Waals surface area (Å²) in [6, 6.07) is 6.40. The molecule has 2 atom stereocenters. The monoisotopic (exact) mass is 440 g/mol. The molecule has 0 spiro atoms. The number of halogens is 1. The predicted octanol–water partition coefficient (Wildman–Crippen LogP) is 2.77. The third-order valence-electron chi connectivity index (χ3n) is 5.48. The molecule has 0 amide bonds. The van der Waals surface area contributed by atoms with Gasteiger partial charge in [0, 0.05) is 17.2 Å². The van der Waals surface area contributed by atoms with Crippen LogP contribution in [0.25, 0.3) is 11.0 Å². The number of aromatic hydroxyl groups is 1. The lowest BCUT2D eigenvalue weighted by atomic mass is 9.81. The number of aliphatic hydroxyl groups excluding tert-OH is 1. The maximum atomic E-state index is 13.3. The number of aliphatic hydroxyl groups is 2. The normalized spacial score (nSPS) is 15.9. The summed E-state index contributed by atoms with van der Waals surface area (Å²) in [4.78, 5) is 39.3. The Balaban J connectivity index is 2.15. The second kappa shape index (κ2) is 7.16. The van der Waals surface area contributed by atoms with Gasteiger partial charge in [0.1, 0.15) is 17.1 Å². The Morgan fingerprint density at radius 3 is 2.52 bits per heavy atom. The van der Waals surface area contributed by atoms with Crippen molar-refractivity contribution in [2.45, 2.75) is 24.5 Å². The van der Waals surface area contributed by atoms with E-state index >= 15 is 0 Å². The van der Waals surface area contributed by atoms with Crippen LogP contribution in [0, 0.1) is 0 Å². The van der Waals surface area contributed by atoms with Crippen LogP contribution in [0.5, 0.6) is 5.75 Å². The summed E-state index contributed by atoms with van der Waals surface area (Å²) in [6.45, 7) is 4.24. The molecule has 4 rings (SSSR count). The van der Waals surface area contributed by atoms with Crippen LogP contribution in [-0.4, -0.2) is 32.3 Å². The minimum absolute atomic E-state index is 0.00119. The van der Waals surface area contributed by atoms with Crippen LogP contribution in [0.1, 0.15) is 50.1 Å². The molecule has 8 heteroatoms. The number of carbonyl (C=O) groups excluding carboxylic acids is 2. The molecular weight excluding hydrogens is 424 g/mol. The zero-order valence-corrected chi connectivity index (χ0v) is 17.1. The number of rotatable bonds is 4. The van der Waals surface area contributed by atoms with E-state index < -0.39 is 34.6 Å². The fraction of sp³-hybridized carbons (Fsp3) is 0.174. The Morgan fingerprint density at radius 1 is 1.16 bits per heavy atom. The van der Waals surface area contributed by atoms with E-state index in [0.29, 0.717) is 0 Å². The SMILES string of the molecule is C=CC(Cl)C(C)(O)c1cc(=O)c2c(CO)cc3c(c2o1)C(=O)c1c(O)cccc1C3=O. The molecule has 0 fully saturated rings. The van der Waals surface area contributed by atoms with Crippen molar-refractivity contribution in [1.29, 1.82) is 0 Å². The molecule has 0 radical (unpaired) electrons. The first-order valence-electron chi connectivity index (χ1n) is 9.28. The highest BCUT2D eigenvalue weighted by molar-refractivity contribution is 6.32. The van der Waals surface area contributed by atoms with Crippen molar-refractivity contribution >= 4 is 34.1 Å². The Bertz CT molecular complexity index is 1350. The quantitative estimate of drug-likeness (QED) is 0.329. The highest BCUT2D eigenvalue weighted by Gasteiger charge is 2.38. The number of ketones is 2. The van der Waals surface area contributed by atoms with Crippen LogP contribution >= 0.6 is 11.6 Å². The molecule has 7 nitrogen and oxygen atoms in total. The first-order chi connectivity index (χ1) is 14.6. The van der Waals surface area contributed by atoms with E-state index in [4.69, 9.17) is 16.0 Å². The fourth-order valence-electron chi connectivity index (χ4n) is 3.80. The molecular formula is C23H17ClO7. The van der Waals surface area contributed by atoms with Gasteiger partial charge in [0.2, 0.25) is 5.78 Å². The van der Waals surface area contributed by atoms with Gasteiger partial charge in [0.15, 0.2) is 16.8 Å². The first kappa shape index (κ1) is 21.0. The molecule has 0 saturated carbocycles. The summed E-state index contributed by atoms with van der Waals surface area (Å²) in [7, 11) is 0. The molecule has 1 heterocycles. The molecule has 0 saturated heterocycles. The van der Waals surface area contributed by atoms with Crippen molar-refractivity contribution in [3.63, 3.8) is 0 Å². The highest BCUT2D eigenvalue weighted by Crippen LogP contribution is 2.38. The van der Waals surface area contributed by atoms with Gasteiger partial charge >= 0.3 is 0 Å². The lowest BCUT2D eigenvalue weighted by molar-refractivity contribution is 0.0409. The van der Waals surface area contributed by atoms with Gasteiger partial charge in [-0.3, -0.25) is 14.4 Å². The van der Waals surface area contributed by atoms with E-state index in [1.807, 2.05) is 0 Å². The summed E-state index contributed by atoms with van der Waals surface area (Å²) < 4.78 is 5.80. The standard InChI is InChI=1S/C23H17ClO7/c1-3-15(24)23(2,30)16-8-14(27)17-10(9-25)7-12-19(22(17)31-16)21(29)18-11(20(12)28)5-4-6-13(18)26/h3-8,15,25-26,30H,1,9H2,2H3. The van der Waals surface area contributed by atoms with Crippen LogP contribution in [0.2, 0.25) is 0 Å². The third kappa shape index (κ3) is 2.93. The van der Waals surface area contributed by atoms with Crippen LogP contribution in [0.4, 0.5) is 0 Å². The lowest BCUT2D eigenvalue weighted by Gasteiger charge is -2.26. The number of benzene rings is 2. The van der Waals surface area contributed by atoms with Crippen LogP contribution in [0.15, 0.2) is 52.2 Å². The smallest absolute Gasteiger partial charge is 0.202 e. The van der Waals surface area contributed by atoms with E-state index in [9.17, 15) is 29.7 Å². The minimum Gasteiger partial charge on any atom is -0.507 e. The summed E-state index contributed by atoms with van der Waals surface area (Å²) in [5, 5.41) is 29.7. The summed E-state index contributed by atoms with van der Waals surface area (Å²) in [6.07, 6.45) is 1.26. The molecule has 31 heavy (non-hydrogen) atoms. The molecule has 1 aliphatic rings. The average Bonchev–Trinajstić information content (AvgIpc) is 2.75. The van der Waals surface area contributed by atoms with E-state index in [0.717, 1.165) is 6.07 Å². The largest absolute Gasteiger partial charge is 0.507 e. The summed E-state index contributed by atoms with van der Waals surface area (Å²) >= 11 is 6.11. The van der Waals surface area contributed by atoms with E-state index in [1.165, 1.54) is 37.3 Å². The van der Waals surface area contributed by atoms with Crippen LogP contribution < -0.4 is 5.43 Å².